The lowest BCUT2D eigenvalue weighted by Gasteiger charge is -2.18. The molecule has 4 heteroatoms. The zero-order valence-corrected chi connectivity index (χ0v) is 10.5. The summed E-state index contributed by atoms with van der Waals surface area (Å²) >= 11 is 0. The summed E-state index contributed by atoms with van der Waals surface area (Å²) in [5, 5.41) is 10.3. The van der Waals surface area contributed by atoms with Crippen LogP contribution in [0.25, 0.3) is 0 Å². The molecule has 1 N–H and O–H groups in total. The predicted molar refractivity (Wildman–Crippen MR) is 62.3 cm³/mol. The Hall–Kier alpha value is -0.110. The van der Waals surface area contributed by atoms with Gasteiger partial charge in [0.25, 0.3) is 0 Å². The van der Waals surface area contributed by atoms with Crippen LogP contribution in [-0.4, -0.2) is 24.0 Å². The fourth-order valence-electron chi connectivity index (χ4n) is 1.83. The van der Waals surface area contributed by atoms with Crippen LogP contribution in [0.4, 0.5) is 0 Å². The average molecular weight is 232 g/mol. The molecule has 0 radical (unpaired) electrons. The van der Waals surface area contributed by atoms with Crippen LogP contribution in [0.1, 0.15) is 39.5 Å². The van der Waals surface area contributed by atoms with Crippen molar-refractivity contribution in [3.63, 3.8) is 0 Å². The highest BCUT2D eigenvalue weighted by Gasteiger charge is 2.31. The van der Waals surface area contributed by atoms with Gasteiger partial charge in [0.1, 0.15) is 0 Å². The average Bonchev–Trinajstić information content (AvgIpc) is 2.63. The molecule has 3 nitrogen and oxygen atoms in total. The normalized spacial score (nSPS) is 25.0. The van der Waals surface area contributed by atoms with Crippen LogP contribution in [0.3, 0.4) is 0 Å². The highest BCUT2D eigenvalue weighted by molar-refractivity contribution is 7.63. The van der Waals surface area contributed by atoms with Crippen LogP contribution >= 0.6 is 7.37 Å². The topological polar surface area (TPSA) is 46.5 Å². The summed E-state index contributed by atoms with van der Waals surface area (Å²) in [4.78, 5) is 0. The number of hydrogen-bond donors (Lipinski definition) is 1. The molecule has 1 rings (SSSR count). The van der Waals surface area contributed by atoms with Crippen molar-refractivity contribution in [2.24, 2.45) is 0 Å². The summed E-state index contributed by atoms with van der Waals surface area (Å²) < 4.78 is 18.0. The number of unbranched alkanes of at least 4 members (excludes halogenated alkanes) is 1. The van der Waals surface area contributed by atoms with E-state index < -0.39 is 13.5 Å². The number of aliphatic hydroxyl groups excluding tert-OH is 1. The first kappa shape index (κ1) is 13.0. The Morgan fingerprint density at radius 2 is 2.33 bits per heavy atom. The number of hydrogen-bond acceptors (Lipinski definition) is 3. The maximum atomic E-state index is 12.5. The first-order chi connectivity index (χ1) is 7.12. The SMILES string of the molecule is CCCCP(=O)(OCC)C1=CC(O)CC1. The molecule has 15 heavy (non-hydrogen) atoms. The minimum absolute atomic E-state index is 0.421. The van der Waals surface area contributed by atoms with Crippen LogP contribution in [0.5, 0.6) is 0 Å². The molecular weight excluding hydrogens is 211 g/mol. The van der Waals surface area contributed by atoms with E-state index in [0.717, 1.165) is 24.6 Å². The van der Waals surface area contributed by atoms with E-state index in [1.54, 1.807) is 6.08 Å². The van der Waals surface area contributed by atoms with Crippen molar-refractivity contribution >= 4 is 7.37 Å². The van der Waals surface area contributed by atoms with E-state index in [1.807, 2.05) is 6.92 Å². The van der Waals surface area contributed by atoms with E-state index in [4.69, 9.17) is 4.52 Å². The van der Waals surface area contributed by atoms with Crippen molar-refractivity contribution in [3.05, 3.63) is 11.4 Å². The van der Waals surface area contributed by atoms with E-state index in [9.17, 15) is 9.67 Å². The minimum Gasteiger partial charge on any atom is -0.389 e. The summed E-state index contributed by atoms with van der Waals surface area (Å²) in [6.45, 7) is 4.42. The van der Waals surface area contributed by atoms with Crippen LogP contribution < -0.4 is 0 Å². The Bertz CT molecular complexity index is 273. The fourth-order valence-corrected chi connectivity index (χ4v) is 4.44. The molecule has 0 fully saturated rings. The Morgan fingerprint density at radius 1 is 1.60 bits per heavy atom. The quantitative estimate of drug-likeness (QED) is 0.715. The van der Waals surface area contributed by atoms with E-state index in [1.165, 1.54) is 0 Å². The van der Waals surface area contributed by atoms with Crippen molar-refractivity contribution in [2.75, 3.05) is 12.8 Å². The molecule has 0 saturated carbocycles. The monoisotopic (exact) mass is 232 g/mol. The van der Waals surface area contributed by atoms with Crippen molar-refractivity contribution in [2.45, 2.75) is 45.6 Å². The van der Waals surface area contributed by atoms with Crippen LogP contribution in [0, 0.1) is 0 Å². The van der Waals surface area contributed by atoms with Gasteiger partial charge in [-0.15, -0.1) is 0 Å². The molecule has 0 heterocycles. The lowest BCUT2D eigenvalue weighted by atomic mass is 10.3. The summed E-state index contributed by atoms with van der Waals surface area (Å²) in [5.74, 6) is 0. The lowest BCUT2D eigenvalue weighted by Crippen LogP contribution is -1.97. The molecule has 0 amide bonds. The van der Waals surface area contributed by atoms with Gasteiger partial charge in [-0.25, -0.2) is 0 Å². The molecule has 0 aliphatic heterocycles. The molecule has 0 aromatic heterocycles. The van der Waals surface area contributed by atoms with Crippen molar-refractivity contribution in [1.29, 1.82) is 0 Å². The lowest BCUT2D eigenvalue weighted by molar-refractivity contribution is 0.223. The summed E-state index contributed by atoms with van der Waals surface area (Å²) in [6.07, 6.45) is 5.29. The molecule has 0 spiro atoms. The van der Waals surface area contributed by atoms with Crippen LogP contribution in [-0.2, 0) is 9.09 Å². The molecule has 0 aromatic carbocycles. The molecule has 2 atom stereocenters. The van der Waals surface area contributed by atoms with Crippen molar-refractivity contribution in [3.8, 4) is 0 Å². The summed E-state index contributed by atoms with van der Waals surface area (Å²) in [7, 11) is -2.62. The Morgan fingerprint density at radius 3 is 2.80 bits per heavy atom. The molecular formula is C11H21O3P. The first-order valence-electron chi connectivity index (χ1n) is 5.75. The Labute approximate surface area is 92.0 Å². The molecule has 0 saturated heterocycles. The summed E-state index contributed by atoms with van der Waals surface area (Å²) in [5.41, 5.74) is 0. The Kier molecular flexibility index (Phi) is 5.04. The molecule has 1 aliphatic rings. The smallest absolute Gasteiger partial charge is 0.227 e. The first-order valence-corrected chi connectivity index (χ1v) is 7.56. The number of rotatable bonds is 6. The van der Waals surface area contributed by atoms with Crippen molar-refractivity contribution in [1.82, 2.24) is 0 Å². The standard InChI is InChI=1S/C11H21O3P/c1-3-5-8-15(13,14-4-2)11-7-6-10(12)9-11/h9-10,12H,3-8H2,1-2H3. The van der Waals surface area contributed by atoms with Crippen LogP contribution in [0.15, 0.2) is 11.4 Å². The van der Waals surface area contributed by atoms with E-state index in [-0.39, 0.29) is 0 Å². The largest absolute Gasteiger partial charge is 0.389 e. The molecule has 0 bridgehead atoms. The van der Waals surface area contributed by atoms with Gasteiger partial charge in [-0.3, -0.25) is 4.57 Å². The van der Waals surface area contributed by atoms with Gasteiger partial charge in [-0.2, -0.15) is 0 Å². The van der Waals surface area contributed by atoms with Gasteiger partial charge in [-0.1, -0.05) is 13.3 Å². The van der Waals surface area contributed by atoms with Gasteiger partial charge in [0.15, 0.2) is 0 Å². The second kappa shape index (κ2) is 5.83. The number of aliphatic hydroxyl groups is 1. The van der Waals surface area contributed by atoms with Crippen molar-refractivity contribution < 1.29 is 14.2 Å². The minimum atomic E-state index is -2.62. The van der Waals surface area contributed by atoms with Gasteiger partial charge >= 0.3 is 0 Å². The predicted octanol–water partition coefficient (Wildman–Crippen LogP) is 3.14. The highest BCUT2D eigenvalue weighted by atomic mass is 31.2. The van der Waals surface area contributed by atoms with Gasteiger partial charge in [-0.05, 0) is 32.3 Å². The van der Waals surface area contributed by atoms with Gasteiger partial charge in [0.05, 0.1) is 12.7 Å². The van der Waals surface area contributed by atoms with Gasteiger partial charge < -0.3 is 9.63 Å². The van der Waals surface area contributed by atoms with E-state index in [0.29, 0.717) is 19.2 Å². The zero-order chi connectivity index (χ0) is 11.3. The summed E-state index contributed by atoms with van der Waals surface area (Å²) in [6, 6.07) is 0. The molecule has 1 aliphatic carbocycles. The van der Waals surface area contributed by atoms with Gasteiger partial charge in [0.2, 0.25) is 7.37 Å². The van der Waals surface area contributed by atoms with Crippen LogP contribution in [0.2, 0.25) is 0 Å². The highest BCUT2D eigenvalue weighted by Crippen LogP contribution is 2.58. The molecule has 2 unspecified atom stereocenters. The third kappa shape index (κ3) is 3.44. The van der Waals surface area contributed by atoms with E-state index in [2.05, 4.69) is 6.92 Å². The molecule has 88 valence electrons. The zero-order valence-electron chi connectivity index (χ0n) is 9.61. The van der Waals surface area contributed by atoms with E-state index >= 15 is 0 Å². The third-order valence-corrected chi connectivity index (χ3v) is 5.49. The molecule has 0 aromatic rings. The second-order valence-electron chi connectivity index (χ2n) is 3.93. The second-order valence-corrected chi connectivity index (χ2v) is 6.56. The number of allylic oxidation sites excluding steroid dienone is 1. The van der Waals surface area contributed by atoms with Gasteiger partial charge in [0, 0.05) is 11.5 Å². The fraction of sp³-hybridized carbons (Fsp3) is 0.818. The third-order valence-electron chi connectivity index (χ3n) is 2.66. The Balaban J connectivity index is 2.72. The maximum Gasteiger partial charge on any atom is 0.227 e. The maximum absolute atomic E-state index is 12.5.